The average Bonchev–Trinajstić information content (AvgIpc) is 2.85. The van der Waals surface area contributed by atoms with Crippen LogP contribution in [0.25, 0.3) is 27.9 Å². The third-order valence-corrected chi connectivity index (χ3v) is 6.06. The fraction of sp³-hybridized carbons (Fsp3) is 0.0714. The van der Waals surface area contributed by atoms with Crippen LogP contribution in [0.3, 0.4) is 0 Å². The van der Waals surface area contributed by atoms with Crippen molar-refractivity contribution in [1.29, 1.82) is 0 Å². The monoisotopic (exact) mass is 470 g/mol. The Kier molecular flexibility index (Phi) is 8.07. The van der Waals surface area contributed by atoms with E-state index in [0.717, 1.165) is 23.2 Å². The third-order valence-electron chi connectivity index (χ3n) is 6.06. The smallest absolute Gasteiger partial charge is 0.488 e. The lowest BCUT2D eigenvalue weighted by Crippen LogP contribution is -3.00. The van der Waals surface area contributed by atoms with Crippen molar-refractivity contribution in [3.63, 3.8) is 0 Å². The maximum Gasteiger partial charge on any atom is 0.488 e. The molecule has 5 aromatic rings. The Balaban J connectivity index is 0.00000171. The zero-order chi connectivity index (χ0) is 22.8. The summed E-state index contributed by atoms with van der Waals surface area (Å²) in [5, 5.41) is 21.4. The molecule has 5 rings (SSSR count). The molecule has 0 bridgehead atoms. The van der Waals surface area contributed by atoms with Gasteiger partial charge < -0.3 is 19.5 Å². The highest BCUT2D eigenvalue weighted by Crippen LogP contribution is 2.21. The summed E-state index contributed by atoms with van der Waals surface area (Å²) < 4.78 is 4.50. The van der Waals surface area contributed by atoms with Gasteiger partial charge in [-0.25, -0.2) is 0 Å². The normalized spacial score (nSPS) is 10.5. The van der Waals surface area contributed by atoms with E-state index in [-0.39, 0.29) is 9.41 Å². The molecule has 176 valence electrons. The predicted molar refractivity (Wildman–Crippen MR) is 133 cm³/mol. The largest absolute Gasteiger partial charge is 1.00 e. The first-order chi connectivity index (χ1) is 16.1. The van der Waals surface area contributed by atoms with Gasteiger partial charge in [0.25, 0.3) is 0 Å². The molecule has 0 aliphatic heterocycles. The van der Waals surface area contributed by atoms with Gasteiger partial charge in [-0.2, -0.15) is 9.13 Å². The number of hydrogen-bond acceptors (Lipinski definition) is 2. The number of fused-ring (bicyclic) bond motifs is 3. The zero-order valence-corrected chi connectivity index (χ0v) is 19.1. The van der Waals surface area contributed by atoms with Crippen molar-refractivity contribution in [3.05, 3.63) is 121 Å². The maximum absolute atomic E-state index is 9.53. The van der Waals surface area contributed by atoms with Gasteiger partial charge in [-0.1, -0.05) is 61.2 Å². The van der Waals surface area contributed by atoms with Crippen LogP contribution in [0.1, 0.15) is 16.7 Å². The minimum Gasteiger partial charge on any atom is -1.00 e. The molecule has 0 radical (unpaired) electrons. The molecule has 0 saturated heterocycles. The lowest BCUT2D eigenvalue weighted by Gasteiger charge is -2.07. The lowest BCUT2D eigenvalue weighted by molar-refractivity contribution is -0.665. The quantitative estimate of drug-likeness (QED) is 0.158. The highest BCUT2D eigenvalue weighted by Gasteiger charge is 2.19. The highest BCUT2D eigenvalue weighted by atomic mass is 19.0. The van der Waals surface area contributed by atoms with Gasteiger partial charge in [-0.05, 0) is 29.2 Å². The topological polar surface area (TPSA) is 48.2 Å². The molecule has 0 fully saturated rings. The molecular formula is C28H25BF2N2O2. The lowest BCUT2D eigenvalue weighted by atomic mass is 9.79. The van der Waals surface area contributed by atoms with E-state index in [2.05, 4.69) is 88.8 Å². The van der Waals surface area contributed by atoms with E-state index in [1.54, 1.807) is 6.07 Å². The molecule has 0 unspecified atom stereocenters. The van der Waals surface area contributed by atoms with Gasteiger partial charge >= 0.3 is 7.12 Å². The van der Waals surface area contributed by atoms with Crippen LogP contribution in [-0.4, -0.2) is 17.2 Å². The predicted octanol–water partition coefficient (Wildman–Crippen LogP) is -3.00. The fourth-order valence-corrected chi connectivity index (χ4v) is 4.41. The second-order valence-electron chi connectivity index (χ2n) is 8.27. The standard InChI is InChI=1S/C28H25BN2O2.2FH/c1-2-21-10-12-22(13-11-21)19-31-17-4-7-24-14-15-27-26(28(24)31)9-5-16-30(27)20-23-6-3-8-25(18-23)29(32)33;;/h2-18,32-33H,1,19-20H2;2*1H/q+2;;/p-2. The molecule has 2 heterocycles. The Bertz CT molecular complexity index is 1470. The third kappa shape index (κ3) is 5.26. The summed E-state index contributed by atoms with van der Waals surface area (Å²) >= 11 is 0. The summed E-state index contributed by atoms with van der Waals surface area (Å²) in [5.41, 5.74) is 6.18. The SMILES string of the molecule is C=Cc1ccc(C[n+]2cccc3ccc4c(ccc[n+]4Cc4cccc(B(O)O)c4)c32)cc1.[F-].[F-]. The van der Waals surface area contributed by atoms with E-state index < -0.39 is 7.12 Å². The van der Waals surface area contributed by atoms with Gasteiger partial charge in [0.15, 0.2) is 25.5 Å². The van der Waals surface area contributed by atoms with Crippen molar-refractivity contribution in [2.45, 2.75) is 13.1 Å². The summed E-state index contributed by atoms with van der Waals surface area (Å²) in [6, 6.07) is 28.7. The Morgan fingerprint density at radius 1 is 0.743 bits per heavy atom. The van der Waals surface area contributed by atoms with Crippen LogP contribution in [-0.2, 0) is 13.1 Å². The van der Waals surface area contributed by atoms with Crippen LogP contribution in [0.15, 0.2) is 104 Å². The van der Waals surface area contributed by atoms with Crippen LogP contribution in [0.2, 0.25) is 0 Å². The first kappa shape index (κ1) is 25.7. The summed E-state index contributed by atoms with van der Waals surface area (Å²) in [6.07, 6.45) is 6.06. The number of pyridine rings is 2. The Morgan fingerprint density at radius 3 is 2.20 bits per heavy atom. The fourth-order valence-electron chi connectivity index (χ4n) is 4.41. The molecule has 0 atom stereocenters. The van der Waals surface area contributed by atoms with Gasteiger partial charge in [-0.3, -0.25) is 0 Å². The number of nitrogens with zero attached hydrogens (tertiary/aromatic N) is 2. The van der Waals surface area contributed by atoms with E-state index in [4.69, 9.17) is 0 Å². The molecule has 7 heteroatoms. The number of halogens is 2. The van der Waals surface area contributed by atoms with Crippen LogP contribution in [0, 0.1) is 0 Å². The molecule has 3 aromatic carbocycles. The van der Waals surface area contributed by atoms with Gasteiger partial charge in [0.2, 0.25) is 11.0 Å². The van der Waals surface area contributed by atoms with Gasteiger partial charge in [0, 0.05) is 34.7 Å². The molecule has 0 saturated carbocycles. The van der Waals surface area contributed by atoms with Crippen molar-refractivity contribution < 1.29 is 28.6 Å². The molecular weight excluding hydrogens is 445 g/mol. The van der Waals surface area contributed by atoms with Gasteiger partial charge in [-0.15, -0.1) is 0 Å². The highest BCUT2D eigenvalue weighted by molar-refractivity contribution is 6.58. The van der Waals surface area contributed by atoms with Crippen LogP contribution in [0.5, 0.6) is 0 Å². The first-order valence-corrected chi connectivity index (χ1v) is 11.0. The van der Waals surface area contributed by atoms with E-state index in [1.165, 1.54) is 21.9 Å². The number of aromatic nitrogens is 2. The molecule has 2 N–H and O–H groups in total. The molecule has 0 aliphatic carbocycles. The molecule has 0 aliphatic rings. The van der Waals surface area contributed by atoms with E-state index in [0.29, 0.717) is 12.0 Å². The number of hydrogen-bond donors (Lipinski definition) is 2. The number of rotatable bonds is 6. The minimum atomic E-state index is -1.47. The van der Waals surface area contributed by atoms with Crippen LogP contribution in [0.4, 0.5) is 0 Å². The molecule has 4 nitrogen and oxygen atoms in total. The van der Waals surface area contributed by atoms with Crippen molar-refractivity contribution in [2.24, 2.45) is 0 Å². The summed E-state index contributed by atoms with van der Waals surface area (Å²) in [5.74, 6) is 0. The van der Waals surface area contributed by atoms with Crippen LogP contribution < -0.4 is 24.0 Å². The van der Waals surface area contributed by atoms with E-state index in [1.807, 2.05) is 24.3 Å². The van der Waals surface area contributed by atoms with Gasteiger partial charge in [0.05, 0.1) is 0 Å². The molecule has 2 aromatic heterocycles. The second-order valence-corrected chi connectivity index (χ2v) is 8.27. The number of benzene rings is 3. The summed E-state index contributed by atoms with van der Waals surface area (Å²) in [7, 11) is -1.47. The maximum atomic E-state index is 9.53. The molecule has 35 heavy (non-hydrogen) atoms. The minimum absolute atomic E-state index is 0. The average molecular weight is 470 g/mol. The van der Waals surface area contributed by atoms with Gasteiger partial charge in [0.1, 0.15) is 5.39 Å². The molecule has 0 spiro atoms. The van der Waals surface area contributed by atoms with E-state index in [9.17, 15) is 10.0 Å². The summed E-state index contributed by atoms with van der Waals surface area (Å²) in [4.78, 5) is 0. The van der Waals surface area contributed by atoms with Crippen molar-refractivity contribution in [1.82, 2.24) is 0 Å². The Labute approximate surface area is 202 Å². The Hall–Kier alpha value is -3.94. The zero-order valence-electron chi connectivity index (χ0n) is 19.1. The van der Waals surface area contributed by atoms with E-state index >= 15 is 0 Å². The Morgan fingerprint density at radius 2 is 1.46 bits per heavy atom. The second kappa shape index (κ2) is 11.0. The van der Waals surface area contributed by atoms with Crippen molar-refractivity contribution >= 4 is 40.5 Å². The molecule has 0 amide bonds. The van der Waals surface area contributed by atoms with Crippen molar-refractivity contribution in [2.75, 3.05) is 0 Å². The summed E-state index contributed by atoms with van der Waals surface area (Å²) in [6.45, 7) is 5.25. The van der Waals surface area contributed by atoms with Crippen molar-refractivity contribution in [3.8, 4) is 0 Å². The van der Waals surface area contributed by atoms with Crippen LogP contribution >= 0.6 is 0 Å². The first-order valence-electron chi connectivity index (χ1n) is 11.0.